The molecular weight excluding hydrogens is 487 g/mol. The number of ether oxygens (including phenoxy) is 3. The van der Waals surface area contributed by atoms with Gasteiger partial charge < -0.3 is 23.5 Å². The fourth-order valence-corrected chi connectivity index (χ4v) is 9.23. The molecule has 8 rings (SSSR count). The number of fused-ring (bicyclic) bond motifs is 1. The lowest BCUT2D eigenvalue weighted by molar-refractivity contribution is -0.199. The molecule has 0 N–H and O–H groups in total. The van der Waals surface area contributed by atoms with Gasteiger partial charge in [0.1, 0.15) is 11.3 Å². The van der Waals surface area contributed by atoms with Crippen LogP contribution in [0.1, 0.15) is 95.5 Å². The largest absolute Gasteiger partial charge is 0.461 e. The Hall–Kier alpha value is -1.22. The first kappa shape index (κ1) is 24.8. The van der Waals surface area contributed by atoms with E-state index in [1.165, 1.54) is 6.42 Å². The van der Waals surface area contributed by atoms with Crippen LogP contribution in [0.4, 0.5) is 0 Å². The zero-order valence-corrected chi connectivity index (χ0v) is 23.7. The second kappa shape index (κ2) is 8.15. The molecule has 6 fully saturated rings. The van der Waals surface area contributed by atoms with Crippen molar-refractivity contribution in [3.05, 3.63) is 23.3 Å². The highest BCUT2D eigenvalue weighted by atomic mass is 32.2. The summed E-state index contributed by atoms with van der Waals surface area (Å²) in [6.07, 6.45) is 5.89. The minimum absolute atomic E-state index is 0.188. The normalized spacial score (nSPS) is 41.2. The lowest BCUT2D eigenvalue weighted by Gasteiger charge is -2.64. The SMILES string of the molecule is C[C@H](Sc1ccc([C@@H]2C[C@@H]2B2O[C@@H]3CC4CC(C4(C)C)[C@]3(C)O2)c2c1C(=O)OC(C)(C)O2)[C@@H]1CCCO1. The van der Waals surface area contributed by atoms with Gasteiger partial charge in [0.05, 0.1) is 17.8 Å². The second-order valence-corrected chi connectivity index (χ2v) is 14.9. The Labute approximate surface area is 225 Å². The van der Waals surface area contributed by atoms with Crippen LogP contribution in [0.15, 0.2) is 17.0 Å². The molecule has 37 heavy (non-hydrogen) atoms. The van der Waals surface area contributed by atoms with Crippen LogP contribution in [0.5, 0.6) is 5.75 Å². The lowest BCUT2D eigenvalue weighted by Crippen LogP contribution is -2.65. The fraction of sp³-hybridized carbons (Fsp3) is 0.759. The van der Waals surface area contributed by atoms with Crippen LogP contribution in [0, 0.1) is 17.3 Å². The van der Waals surface area contributed by atoms with Gasteiger partial charge in [-0.05, 0) is 73.8 Å². The van der Waals surface area contributed by atoms with Gasteiger partial charge in [-0.2, -0.15) is 0 Å². The average molecular weight is 527 g/mol. The maximum Gasteiger partial charge on any atom is 0.461 e. The van der Waals surface area contributed by atoms with Crippen LogP contribution in [0.3, 0.4) is 0 Å². The fourth-order valence-electron chi connectivity index (χ4n) is 8.02. The third-order valence-corrected chi connectivity index (χ3v) is 11.7. The van der Waals surface area contributed by atoms with Gasteiger partial charge in [-0.15, -0.1) is 11.8 Å². The van der Waals surface area contributed by atoms with E-state index in [1.54, 1.807) is 25.6 Å². The molecule has 2 unspecified atom stereocenters. The van der Waals surface area contributed by atoms with Gasteiger partial charge in [0, 0.05) is 36.4 Å². The summed E-state index contributed by atoms with van der Waals surface area (Å²) in [5.41, 5.74) is 1.78. The number of esters is 1. The third kappa shape index (κ3) is 3.75. The first-order valence-corrected chi connectivity index (χ1v) is 15.1. The summed E-state index contributed by atoms with van der Waals surface area (Å²) >= 11 is 1.69. The molecule has 2 bridgehead atoms. The van der Waals surface area contributed by atoms with Crippen molar-refractivity contribution in [3.8, 4) is 5.75 Å². The van der Waals surface area contributed by atoms with Crippen LogP contribution in [0.2, 0.25) is 5.82 Å². The molecule has 0 amide bonds. The molecule has 0 spiro atoms. The Morgan fingerprint density at radius 1 is 1.08 bits per heavy atom. The molecule has 4 saturated carbocycles. The number of thioether (sulfide) groups is 1. The molecule has 3 heterocycles. The summed E-state index contributed by atoms with van der Waals surface area (Å²) in [7, 11) is -0.192. The number of benzene rings is 1. The van der Waals surface area contributed by atoms with Gasteiger partial charge in [-0.25, -0.2) is 4.79 Å². The molecule has 2 saturated heterocycles. The van der Waals surface area contributed by atoms with Crippen LogP contribution in [-0.4, -0.2) is 48.5 Å². The minimum Gasteiger partial charge on any atom is -0.452 e. The Morgan fingerprint density at radius 3 is 2.62 bits per heavy atom. The summed E-state index contributed by atoms with van der Waals surface area (Å²) in [6, 6.07) is 4.24. The zero-order chi connectivity index (χ0) is 25.9. The highest BCUT2D eigenvalue weighted by Gasteiger charge is 2.70. The van der Waals surface area contributed by atoms with Crippen molar-refractivity contribution in [2.45, 2.75) is 119 Å². The zero-order valence-electron chi connectivity index (χ0n) is 22.9. The number of rotatable bonds is 5. The van der Waals surface area contributed by atoms with Crippen molar-refractivity contribution in [1.82, 2.24) is 0 Å². The molecule has 3 aliphatic heterocycles. The topological polar surface area (TPSA) is 63.2 Å². The van der Waals surface area contributed by atoms with Gasteiger partial charge in [0.25, 0.3) is 0 Å². The third-order valence-electron chi connectivity index (χ3n) is 10.4. The number of hydrogen-bond acceptors (Lipinski definition) is 7. The van der Waals surface area contributed by atoms with E-state index in [1.807, 2.05) is 0 Å². The van der Waals surface area contributed by atoms with Crippen molar-refractivity contribution in [2.75, 3.05) is 6.61 Å². The van der Waals surface area contributed by atoms with Gasteiger partial charge in [0.2, 0.25) is 5.79 Å². The molecule has 6 nitrogen and oxygen atoms in total. The Bertz CT molecular complexity index is 1130. The summed E-state index contributed by atoms with van der Waals surface area (Å²) < 4.78 is 31.4. The van der Waals surface area contributed by atoms with E-state index in [4.69, 9.17) is 23.5 Å². The molecular formula is C29H39BO6S. The monoisotopic (exact) mass is 526 g/mol. The quantitative estimate of drug-likeness (QED) is 0.257. The standard InChI is InChI=1S/C29H39BO6S/c1-15(20-8-7-11-32-20)37-21-10-9-17(25-24(21)26(31)34-28(4,5)33-25)18-14-19(18)30-35-23-13-16-12-22(27(16,2)3)29(23,6)36-30/h9-10,15-16,18-20,22-23H,7-8,11-14H2,1-6H3/t15-,16?,18-,19-,20-,22?,23+,29-/m0/s1. The molecule has 8 atom stereocenters. The Kier molecular flexibility index (Phi) is 5.46. The smallest absolute Gasteiger partial charge is 0.452 e. The van der Waals surface area contributed by atoms with E-state index in [9.17, 15) is 4.79 Å². The second-order valence-electron chi connectivity index (χ2n) is 13.5. The van der Waals surface area contributed by atoms with Crippen LogP contribution < -0.4 is 4.74 Å². The van der Waals surface area contributed by atoms with Gasteiger partial charge in [-0.3, -0.25) is 0 Å². The van der Waals surface area contributed by atoms with Crippen molar-refractivity contribution in [3.63, 3.8) is 0 Å². The molecule has 1 aromatic carbocycles. The van der Waals surface area contributed by atoms with Gasteiger partial charge in [-0.1, -0.05) is 26.8 Å². The van der Waals surface area contributed by atoms with Gasteiger partial charge >= 0.3 is 13.1 Å². The van der Waals surface area contributed by atoms with Crippen LogP contribution in [-0.2, 0) is 18.8 Å². The summed E-state index contributed by atoms with van der Waals surface area (Å²) in [4.78, 5) is 14.2. The Morgan fingerprint density at radius 2 is 1.89 bits per heavy atom. The molecule has 4 aliphatic carbocycles. The van der Waals surface area contributed by atoms with Crippen molar-refractivity contribution < 1.29 is 28.3 Å². The molecule has 8 heteroatoms. The molecule has 7 aliphatic rings. The number of hydrogen-bond donors (Lipinski definition) is 0. The van der Waals surface area contributed by atoms with Crippen molar-refractivity contribution >= 4 is 24.8 Å². The predicted octanol–water partition coefficient (Wildman–Crippen LogP) is 6.22. The molecule has 200 valence electrons. The van der Waals surface area contributed by atoms with E-state index in [-0.39, 0.29) is 47.9 Å². The number of cyclic esters (lactones) is 1. The van der Waals surface area contributed by atoms with E-state index in [0.29, 0.717) is 22.6 Å². The number of carbonyl (C=O) groups excluding carboxylic acids is 1. The van der Waals surface area contributed by atoms with E-state index < -0.39 is 5.79 Å². The van der Waals surface area contributed by atoms with Crippen LogP contribution in [0.25, 0.3) is 0 Å². The van der Waals surface area contributed by atoms with Gasteiger partial charge in [0.15, 0.2) is 0 Å². The van der Waals surface area contributed by atoms with Crippen molar-refractivity contribution in [2.24, 2.45) is 17.3 Å². The maximum absolute atomic E-state index is 13.3. The maximum atomic E-state index is 13.3. The molecule has 1 aromatic rings. The predicted molar refractivity (Wildman–Crippen MR) is 142 cm³/mol. The van der Waals surface area contributed by atoms with E-state index in [0.717, 1.165) is 48.7 Å². The van der Waals surface area contributed by atoms with E-state index >= 15 is 0 Å². The number of carbonyl (C=O) groups is 1. The minimum atomic E-state index is -0.998. The van der Waals surface area contributed by atoms with E-state index in [2.05, 4.69) is 39.8 Å². The summed E-state index contributed by atoms with van der Waals surface area (Å²) in [6.45, 7) is 13.7. The average Bonchev–Trinajstić information content (AvgIpc) is 3.23. The van der Waals surface area contributed by atoms with Crippen LogP contribution >= 0.6 is 11.8 Å². The first-order chi connectivity index (χ1) is 17.5. The highest BCUT2D eigenvalue weighted by Crippen LogP contribution is 2.68. The Balaban J connectivity index is 1.15. The lowest BCUT2D eigenvalue weighted by atomic mass is 9.43. The molecule has 0 radical (unpaired) electrons. The molecule has 0 aromatic heterocycles. The van der Waals surface area contributed by atoms with Crippen molar-refractivity contribution in [1.29, 1.82) is 0 Å². The summed E-state index contributed by atoms with van der Waals surface area (Å²) in [5, 5.41) is 0.244. The highest BCUT2D eigenvalue weighted by molar-refractivity contribution is 8.00. The summed E-state index contributed by atoms with van der Waals surface area (Å²) in [5.74, 6) is 1.21. The first-order valence-electron chi connectivity index (χ1n) is 14.2.